The summed E-state index contributed by atoms with van der Waals surface area (Å²) in [4.78, 5) is 15.5. The van der Waals surface area contributed by atoms with Gasteiger partial charge in [0.25, 0.3) is 0 Å². The van der Waals surface area contributed by atoms with Crippen LogP contribution in [0.4, 0.5) is 18.9 Å². The van der Waals surface area contributed by atoms with Crippen LogP contribution in [0, 0.1) is 0 Å². The van der Waals surface area contributed by atoms with Crippen LogP contribution in [-0.2, 0) is 27.8 Å². The highest BCUT2D eigenvalue weighted by molar-refractivity contribution is 7.89. The predicted molar refractivity (Wildman–Crippen MR) is 150 cm³/mol. The summed E-state index contributed by atoms with van der Waals surface area (Å²) in [6.45, 7) is 2.29. The molecule has 0 aliphatic carbocycles. The predicted octanol–water partition coefficient (Wildman–Crippen LogP) is 4.36. The molecule has 1 N–H and O–H groups in total. The lowest BCUT2D eigenvalue weighted by molar-refractivity contribution is -0.274. The Kier molecular flexibility index (Phi) is 9.52. The summed E-state index contributed by atoms with van der Waals surface area (Å²) in [5, 5.41) is 2.74. The first-order valence-electron chi connectivity index (χ1n) is 13.1. The van der Waals surface area contributed by atoms with Crippen LogP contribution in [0.15, 0.2) is 71.6 Å². The summed E-state index contributed by atoms with van der Waals surface area (Å²) in [7, 11) is -1.01. The van der Waals surface area contributed by atoms with Crippen molar-refractivity contribution in [1.29, 1.82) is 0 Å². The minimum atomic E-state index is -4.82. The zero-order valence-corrected chi connectivity index (χ0v) is 24.2. The van der Waals surface area contributed by atoms with E-state index in [1.807, 2.05) is 11.8 Å². The van der Waals surface area contributed by atoms with Crippen LogP contribution in [0.2, 0.25) is 0 Å². The number of ether oxygens (including phenoxy) is 3. The van der Waals surface area contributed by atoms with Crippen LogP contribution in [0.25, 0.3) is 0 Å². The lowest BCUT2D eigenvalue weighted by Crippen LogP contribution is -2.60. The molecule has 1 fully saturated rings. The number of hydrogen-bond acceptors (Lipinski definition) is 7. The molecule has 13 heteroatoms. The minimum absolute atomic E-state index is 0.0267. The maximum atomic E-state index is 13.8. The van der Waals surface area contributed by atoms with E-state index in [4.69, 9.17) is 9.47 Å². The van der Waals surface area contributed by atoms with E-state index in [1.54, 1.807) is 30.3 Å². The molecule has 3 aromatic rings. The smallest absolute Gasteiger partial charge is 0.497 e. The number of nitrogens with one attached hydrogen (secondary N) is 1. The molecule has 0 saturated carbocycles. The lowest BCUT2D eigenvalue weighted by atomic mass is 10.1. The van der Waals surface area contributed by atoms with E-state index in [-0.39, 0.29) is 30.3 Å². The van der Waals surface area contributed by atoms with Crippen LogP contribution in [-0.4, -0.2) is 64.9 Å². The molecular weight excluding hydrogens is 575 g/mol. The summed E-state index contributed by atoms with van der Waals surface area (Å²) in [6.07, 6.45) is -4.07. The van der Waals surface area contributed by atoms with E-state index < -0.39 is 28.3 Å². The summed E-state index contributed by atoms with van der Waals surface area (Å²) in [5.41, 5.74) is 2.17. The van der Waals surface area contributed by atoms with Crippen molar-refractivity contribution in [1.82, 2.24) is 9.62 Å². The molecule has 1 amide bonds. The summed E-state index contributed by atoms with van der Waals surface area (Å²) in [6, 6.07) is 15.8. The van der Waals surface area contributed by atoms with E-state index in [0.717, 1.165) is 24.1 Å². The Morgan fingerprint density at radius 1 is 0.905 bits per heavy atom. The van der Waals surface area contributed by atoms with Crippen LogP contribution < -0.4 is 24.4 Å². The topological polar surface area (TPSA) is 97.4 Å². The highest BCUT2D eigenvalue weighted by atomic mass is 32.2. The molecular formula is C29H32F3N3O6S. The second-order valence-electron chi connectivity index (χ2n) is 9.56. The lowest BCUT2D eigenvalue weighted by Gasteiger charge is -2.40. The van der Waals surface area contributed by atoms with E-state index in [2.05, 4.69) is 10.1 Å². The number of aryl methyl sites for hydroxylation is 1. The molecule has 1 saturated heterocycles. The standard InChI is InChI=1S/C29H32F3N3O6S/c1-4-20-7-11-26(12-8-20)42(37,38)35-14-13-34(22-15-24(39-2)17-25(16-22)40-3)19-27(35)28(36)33-18-21-5-9-23(10-6-21)41-29(30,31)32/h5-12,15-17,27H,4,13-14,18-19H2,1-3H3,(H,33,36). The highest BCUT2D eigenvalue weighted by Crippen LogP contribution is 2.31. The van der Waals surface area contributed by atoms with Gasteiger partial charge in [0.2, 0.25) is 15.9 Å². The maximum Gasteiger partial charge on any atom is 0.573 e. The van der Waals surface area contributed by atoms with Crippen LogP contribution in [0.5, 0.6) is 17.2 Å². The average Bonchev–Trinajstić information content (AvgIpc) is 2.99. The first-order chi connectivity index (χ1) is 19.9. The SMILES string of the molecule is CCc1ccc(S(=O)(=O)N2CCN(c3cc(OC)cc(OC)c3)CC2C(=O)NCc2ccc(OC(F)(F)F)cc2)cc1. The Hall–Kier alpha value is -3.97. The van der Waals surface area contributed by atoms with Crippen molar-refractivity contribution in [3.8, 4) is 17.2 Å². The average molecular weight is 608 g/mol. The molecule has 1 unspecified atom stereocenters. The molecule has 0 radical (unpaired) electrons. The number of piperazine rings is 1. The van der Waals surface area contributed by atoms with Gasteiger partial charge in [0, 0.05) is 50.1 Å². The number of methoxy groups -OCH3 is 2. The zero-order chi connectivity index (χ0) is 30.5. The number of carbonyl (C=O) groups excluding carboxylic acids is 1. The summed E-state index contributed by atoms with van der Waals surface area (Å²) >= 11 is 0. The van der Waals surface area contributed by atoms with E-state index in [1.165, 1.54) is 42.8 Å². The Morgan fingerprint density at radius 2 is 1.50 bits per heavy atom. The molecule has 9 nitrogen and oxygen atoms in total. The van der Waals surface area contributed by atoms with E-state index in [0.29, 0.717) is 29.3 Å². The van der Waals surface area contributed by atoms with Gasteiger partial charge >= 0.3 is 6.36 Å². The van der Waals surface area contributed by atoms with Gasteiger partial charge in [0.1, 0.15) is 23.3 Å². The van der Waals surface area contributed by atoms with Gasteiger partial charge in [-0.05, 0) is 41.8 Å². The number of nitrogens with zero attached hydrogens (tertiary/aromatic N) is 2. The number of carbonyl (C=O) groups is 1. The number of rotatable bonds is 10. The fourth-order valence-corrected chi connectivity index (χ4v) is 6.20. The Morgan fingerprint density at radius 3 is 2.05 bits per heavy atom. The van der Waals surface area contributed by atoms with Crippen molar-refractivity contribution in [2.24, 2.45) is 0 Å². The van der Waals surface area contributed by atoms with Crippen LogP contribution in [0.3, 0.4) is 0 Å². The fourth-order valence-electron chi connectivity index (χ4n) is 4.63. The monoisotopic (exact) mass is 607 g/mol. The fraction of sp³-hybridized carbons (Fsp3) is 0.345. The van der Waals surface area contributed by atoms with Crippen molar-refractivity contribution in [2.75, 3.05) is 38.8 Å². The van der Waals surface area contributed by atoms with Crippen molar-refractivity contribution >= 4 is 21.6 Å². The Bertz CT molecular complexity index is 1460. The largest absolute Gasteiger partial charge is 0.573 e. The van der Waals surface area contributed by atoms with Crippen LogP contribution in [0.1, 0.15) is 18.1 Å². The molecule has 1 heterocycles. The van der Waals surface area contributed by atoms with Gasteiger partial charge < -0.3 is 24.4 Å². The third kappa shape index (κ3) is 7.45. The molecule has 1 aliphatic rings. The van der Waals surface area contributed by atoms with E-state index in [9.17, 15) is 26.4 Å². The zero-order valence-electron chi connectivity index (χ0n) is 23.3. The summed E-state index contributed by atoms with van der Waals surface area (Å²) < 4.78 is 80.8. The van der Waals surface area contributed by atoms with E-state index >= 15 is 0 Å². The van der Waals surface area contributed by atoms with Gasteiger partial charge in [-0.15, -0.1) is 13.2 Å². The van der Waals surface area contributed by atoms with Gasteiger partial charge in [0.05, 0.1) is 19.1 Å². The third-order valence-electron chi connectivity index (χ3n) is 6.90. The maximum absolute atomic E-state index is 13.8. The third-order valence-corrected chi connectivity index (χ3v) is 8.82. The Labute approximate surface area is 242 Å². The number of halogens is 3. The Balaban J connectivity index is 1.59. The molecule has 0 spiro atoms. The van der Waals surface area contributed by atoms with Crippen molar-refractivity contribution in [2.45, 2.75) is 37.2 Å². The first kappa shape index (κ1) is 31.0. The second kappa shape index (κ2) is 12.9. The molecule has 226 valence electrons. The molecule has 4 rings (SSSR count). The molecule has 1 atom stereocenters. The number of anilines is 1. The van der Waals surface area contributed by atoms with Gasteiger partial charge in [-0.2, -0.15) is 4.31 Å². The second-order valence-corrected chi connectivity index (χ2v) is 11.4. The molecule has 0 aromatic heterocycles. The number of amides is 1. The number of hydrogen-bond donors (Lipinski definition) is 1. The molecule has 42 heavy (non-hydrogen) atoms. The van der Waals surface area contributed by atoms with Crippen molar-refractivity contribution in [3.05, 3.63) is 77.9 Å². The normalized spacial score (nSPS) is 16.1. The summed E-state index contributed by atoms with van der Waals surface area (Å²) in [5.74, 6) is 0.128. The number of benzene rings is 3. The van der Waals surface area contributed by atoms with Crippen LogP contribution >= 0.6 is 0 Å². The van der Waals surface area contributed by atoms with Gasteiger partial charge in [-0.1, -0.05) is 31.2 Å². The minimum Gasteiger partial charge on any atom is -0.497 e. The van der Waals surface area contributed by atoms with Gasteiger partial charge in [-0.3, -0.25) is 4.79 Å². The quantitative estimate of drug-likeness (QED) is 0.366. The van der Waals surface area contributed by atoms with Gasteiger partial charge in [0.15, 0.2) is 0 Å². The number of alkyl halides is 3. The number of sulfonamides is 1. The molecule has 3 aromatic carbocycles. The molecule has 0 bridgehead atoms. The van der Waals surface area contributed by atoms with Gasteiger partial charge in [-0.25, -0.2) is 8.42 Å². The highest BCUT2D eigenvalue weighted by Gasteiger charge is 2.40. The van der Waals surface area contributed by atoms with Crippen molar-refractivity contribution in [3.63, 3.8) is 0 Å². The first-order valence-corrected chi connectivity index (χ1v) is 14.6. The molecule has 1 aliphatic heterocycles. The van der Waals surface area contributed by atoms with Crippen molar-refractivity contribution < 1.29 is 40.6 Å².